The lowest BCUT2D eigenvalue weighted by Crippen LogP contribution is -1.93. The molecule has 0 spiro atoms. The molecule has 0 aliphatic rings. The molecule has 4 heteroatoms. The Balaban J connectivity index is 2.87. The lowest BCUT2D eigenvalue weighted by atomic mass is 10.00. The van der Waals surface area contributed by atoms with E-state index >= 15 is 0 Å². The molecular formula is C13H5ClN2O. The first kappa shape index (κ1) is 11.1. The second-order valence-corrected chi connectivity index (χ2v) is 3.80. The molecule has 0 aromatic heterocycles. The van der Waals surface area contributed by atoms with Gasteiger partial charge in [-0.2, -0.15) is 10.5 Å². The summed E-state index contributed by atoms with van der Waals surface area (Å²) in [6.07, 6.45) is 0. The summed E-state index contributed by atoms with van der Waals surface area (Å²) in [5.74, 6) is 0. The summed E-state index contributed by atoms with van der Waals surface area (Å²) in [5, 5.41) is 18.3. The van der Waals surface area contributed by atoms with Crippen LogP contribution in [0.4, 0.5) is 0 Å². The minimum absolute atomic E-state index is 0.283. The van der Waals surface area contributed by atoms with Crippen LogP contribution in [0.3, 0.4) is 0 Å². The van der Waals surface area contributed by atoms with Crippen LogP contribution >= 0.6 is 11.6 Å². The number of rotatable bonds is 1. The number of carbonyl (C=O) groups excluding carboxylic acids is 1. The van der Waals surface area contributed by atoms with Gasteiger partial charge in [0.05, 0.1) is 23.3 Å². The van der Waals surface area contributed by atoms with E-state index in [9.17, 15) is 4.79 Å². The van der Waals surface area contributed by atoms with Crippen LogP contribution in [0.25, 0.3) is 10.8 Å². The van der Waals surface area contributed by atoms with E-state index in [4.69, 9.17) is 22.1 Å². The smallest absolute Gasteiger partial charge is 0.253 e. The molecule has 2 rings (SSSR count). The van der Waals surface area contributed by atoms with E-state index < -0.39 is 5.24 Å². The maximum atomic E-state index is 11.3. The van der Waals surface area contributed by atoms with Gasteiger partial charge in [0.1, 0.15) is 0 Å². The summed E-state index contributed by atoms with van der Waals surface area (Å²) in [6, 6.07) is 11.9. The van der Waals surface area contributed by atoms with Gasteiger partial charge >= 0.3 is 0 Å². The van der Waals surface area contributed by atoms with Crippen molar-refractivity contribution in [2.75, 3.05) is 0 Å². The van der Waals surface area contributed by atoms with Gasteiger partial charge in [-0.05, 0) is 46.6 Å². The summed E-state index contributed by atoms with van der Waals surface area (Å²) < 4.78 is 0. The fourth-order valence-corrected chi connectivity index (χ4v) is 1.82. The van der Waals surface area contributed by atoms with E-state index in [0.29, 0.717) is 21.9 Å². The van der Waals surface area contributed by atoms with Gasteiger partial charge in [-0.1, -0.05) is 6.07 Å². The zero-order chi connectivity index (χ0) is 12.4. The van der Waals surface area contributed by atoms with Crippen LogP contribution in [0.2, 0.25) is 0 Å². The van der Waals surface area contributed by atoms with Crippen LogP contribution in [-0.2, 0) is 0 Å². The van der Waals surface area contributed by atoms with Gasteiger partial charge in [-0.25, -0.2) is 0 Å². The quantitative estimate of drug-likeness (QED) is 0.720. The Labute approximate surface area is 102 Å². The minimum Gasteiger partial charge on any atom is -0.276 e. The fraction of sp³-hybridized carbons (Fsp3) is 0. The number of nitriles is 2. The highest BCUT2D eigenvalue weighted by atomic mass is 35.5. The zero-order valence-electron chi connectivity index (χ0n) is 8.57. The molecule has 3 nitrogen and oxygen atoms in total. The molecule has 0 atom stereocenters. The average Bonchev–Trinajstić information content (AvgIpc) is 2.36. The van der Waals surface area contributed by atoms with Gasteiger partial charge in [-0.3, -0.25) is 4.79 Å². The maximum Gasteiger partial charge on any atom is 0.253 e. The topological polar surface area (TPSA) is 64.7 Å². The number of halogens is 1. The molecule has 0 radical (unpaired) electrons. The summed E-state index contributed by atoms with van der Waals surface area (Å²) in [4.78, 5) is 11.3. The van der Waals surface area contributed by atoms with Crippen LogP contribution in [0.1, 0.15) is 21.5 Å². The molecule has 2 aromatic carbocycles. The molecule has 0 aliphatic carbocycles. The molecule has 0 saturated heterocycles. The van der Waals surface area contributed by atoms with Gasteiger partial charge in [0.25, 0.3) is 5.24 Å². The van der Waals surface area contributed by atoms with E-state index in [1.54, 1.807) is 24.3 Å². The minimum atomic E-state index is -0.614. The Bertz CT molecular complexity index is 702. The van der Waals surface area contributed by atoms with Crippen LogP contribution in [0.5, 0.6) is 0 Å². The molecule has 17 heavy (non-hydrogen) atoms. The normalized spacial score (nSPS) is 9.59. The molecule has 0 amide bonds. The first-order valence-electron chi connectivity index (χ1n) is 4.73. The van der Waals surface area contributed by atoms with E-state index in [0.717, 1.165) is 0 Å². The molecule has 0 bridgehead atoms. The molecule has 0 N–H and O–H groups in total. The van der Waals surface area contributed by atoms with Crippen LogP contribution in [-0.4, -0.2) is 5.24 Å². The SMILES string of the molecule is N#Cc1ccc2c(C(=O)Cl)cc(C#N)cc2c1. The number of carbonyl (C=O) groups is 1. The average molecular weight is 241 g/mol. The maximum absolute atomic E-state index is 11.3. The Kier molecular flexibility index (Phi) is 2.78. The van der Waals surface area contributed by atoms with Gasteiger partial charge in [0.15, 0.2) is 0 Å². The first-order valence-corrected chi connectivity index (χ1v) is 5.11. The Morgan fingerprint density at radius 2 is 1.71 bits per heavy atom. The number of fused-ring (bicyclic) bond motifs is 1. The number of benzene rings is 2. The monoisotopic (exact) mass is 240 g/mol. The van der Waals surface area contributed by atoms with Crippen molar-refractivity contribution < 1.29 is 4.79 Å². The molecule has 0 saturated carbocycles. The third-order valence-electron chi connectivity index (χ3n) is 2.42. The summed E-state index contributed by atoms with van der Waals surface area (Å²) in [7, 11) is 0. The standard InChI is InChI=1S/C13H5ClN2O/c14-13(17)12-5-9(7-16)4-10-3-8(6-15)1-2-11(10)12/h1-5H. The molecule has 2 aromatic rings. The van der Waals surface area contributed by atoms with E-state index in [-0.39, 0.29) is 5.56 Å². The molecule has 0 fully saturated rings. The highest BCUT2D eigenvalue weighted by molar-refractivity contribution is 6.68. The fourth-order valence-electron chi connectivity index (χ4n) is 1.67. The molecule has 0 unspecified atom stereocenters. The summed E-state index contributed by atoms with van der Waals surface area (Å²) >= 11 is 5.47. The lowest BCUT2D eigenvalue weighted by Gasteiger charge is -2.03. The van der Waals surface area contributed by atoms with Gasteiger partial charge < -0.3 is 0 Å². The zero-order valence-corrected chi connectivity index (χ0v) is 9.32. The summed E-state index contributed by atoms with van der Waals surface area (Å²) in [5.41, 5.74) is 1.10. The Hall–Kier alpha value is -2.36. The van der Waals surface area contributed by atoms with Crippen LogP contribution < -0.4 is 0 Å². The van der Waals surface area contributed by atoms with Gasteiger partial charge in [-0.15, -0.1) is 0 Å². The van der Waals surface area contributed by atoms with Crippen molar-refractivity contribution in [3.63, 3.8) is 0 Å². The van der Waals surface area contributed by atoms with Crippen molar-refractivity contribution in [2.24, 2.45) is 0 Å². The molecular weight excluding hydrogens is 236 g/mol. The van der Waals surface area contributed by atoms with E-state index in [2.05, 4.69) is 0 Å². The predicted molar refractivity (Wildman–Crippen MR) is 63.6 cm³/mol. The summed E-state index contributed by atoms with van der Waals surface area (Å²) in [6.45, 7) is 0. The van der Waals surface area contributed by atoms with Crippen molar-refractivity contribution >= 4 is 27.6 Å². The number of nitrogens with zero attached hydrogens (tertiary/aromatic N) is 2. The Morgan fingerprint density at radius 3 is 2.29 bits per heavy atom. The van der Waals surface area contributed by atoms with Gasteiger partial charge in [0.2, 0.25) is 0 Å². The third-order valence-corrected chi connectivity index (χ3v) is 2.63. The highest BCUT2D eigenvalue weighted by Gasteiger charge is 2.10. The number of hydrogen-bond acceptors (Lipinski definition) is 3. The number of hydrogen-bond donors (Lipinski definition) is 0. The third kappa shape index (κ3) is 1.97. The highest BCUT2D eigenvalue weighted by Crippen LogP contribution is 2.23. The molecule has 80 valence electrons. The Morgan fingerprint density at radius 1 is 1.06 bits per heavy atom. The first-order chi connectivity index (χ1) is 8.15. The van der Waals surface area contributed by atoms with Crippen LogP contribution in [0.15, 0.2) is 30.3 Å². The van der Waals surface area contributed by atoms with Crippen molar-refractivity contribution in [3.8, 4) is 12.1 Å². The van der Waals surface area contributed by atoms with Gasteiger partial charge in [0, 0.05) is 5.56 Å². The van der Waals surface area contributed by atoms with Crippen molar-refractivity contribution in [3.05, 3.63) is 47.0 Å². The second kappa shape index (κ2) is 4.25. The van der Waals surface area contributed by atoms with Crippen molar-refractivity contribution in [1.82, 2.24) is 0 Å². The van der Waals surface area contributed by atoms with Crippen LogP contribution in [0, 0.1) is 22.7 Å². The molecule has 0 aliphatic heterocycles. The molecule has 0 heterocycles. The van der Waals surface area contributed by atoms with E-state index in [1.165, 1.54) is 6.07 Å². The van der Waals surface area contributed by atoms with Crippen molar-refractivity contribution in [2.45, 2.75) is 0 Å². The van der Waals surface area contributed by atoms with Crippen molar-refractivity contribution in [1.29, 1.82) is 10.5 Å². The largest absolute Gasteiger partial charge is 0.276 e. The predicted octanol–water partition coefficient (Wildman–Crippen LogP) is 2.96. The lowest BCUT2D eigenvalue weighted by molar-refractivity contribution is 0.108. The second-order valence-electron chi connectivity index (χ2n) is 3.46. The van der Waals surface area contributed by atoms with E-state index in [1.807, 2.05) is 12.1 Å².